The molecule has 0 bridgehead atoms. The molecule has 1 aromatic heterocycles. The minimum absolute atomic E-state index is 0.197. The van der Waals surface area contributed by atoms with Crippen LogP contribution in [0.15, 0.2) is 24.4 Å². The van der Waals surface area contributed by atoms with Crippen molar-refractivity contribution in [3.8, 4) is 11.5 Å². The Morgan fingerprint density at radius 1 is 1.33 bits per heavy atom. The van der Waals surface area contributed by atoms with Crippen LogP contribution in [0, 0.1) is 6.92 Å². The highest BCUT2D eigenvalue weighted by atomic mass is 16.5. The van der Waals surface area contributed by atoms with Gasteiger partial charge in [0.2, 0.25) is 0 Å². The third-order valence-electron chi connectivity index (χ3n) is 3.21. The number of benzene rings is 1. The zero-order valence-corrected chi connectivity index (χ0v) is 12.6. The zero-order chi connectivity index (χ0) is 15.4. The van der Waals surface area contributed by atoms with Gasteiger partial charge < -0.3 is 14.8 Å². The van der Waals surface area contributed by atoms with Gasteiger partial charge in [-0.3, -0.25) is 9.48 Å². The van der Waals surface area contributed by atoms with Gasteiger partial charge in [0.1, 0.15) is 11.5 Å². The predicted octanol–water partition coefficient (Wildman–Crippen LogP) is 1.68. The van der Waals surface area contributed by atoms with Crippen LogP contribution in [0.4, 0.5) is 0 Å². The topological polar surface area (TPSA) is 65.4 Å². The van der Waals surface area contributed by atoms with Crippen molar-refractivity contribution in [2.75, 3.05) is 14.2 Å². The number of hydrogen-bond donors (Lipinski definition) is 1. The molecule has 2 rings (SSSR count). The Kier molecular flexibility index (Phi) is 4.47. The van der Waals surface area contributed by atoms with E-state index in [9.17, 15) is 4.79 Å². The monoisotopic (exact) mass is 289 g/mol. The lowest BCUT2D eigenvalue weighted by atomic mass is 10.1. The molecule has 112 valence electrons. The molecule has 0 unspecified atom stereocenters. The predicted molar refractivity (Wildman–Crippen MR) is 78.7 cm³/mol. The van der Waals surface area contributed by atoms with Gasteiger partial charge in [-0.2, -0.15) is 5.10 Å². The molecule has 0 fully saturated rings. The summed E-state index contributed by atoms with van der Waals surface area (Å²) in [4.78, 5) is 12.3. The number of rotatable bonds is 5. The molecule has 0 aliphatic carbocycles. The fourth-order valence-corrected chi connectivity index (χ4v) is 2.08. The summed E-state index contributed by atoms with van der Waals surface area (Å²) in [5, 5.41) is 7.11. The van der Waals surface area contributed by atoms with Gasteiger partial charge in [-0.05, 0) is 19.1 Å². The highest BCUT2D eigenvalue weighted by Gasteiger charge is 2.14. The normalized spacial score (nSPS) is 10.3. The lowest BCUT2D eigenvalue weighted by Gasteiger charge is -2.10. The minimum Gasteiger partial charge on any atom is -0.497 e. The molecule has 2 aromatic rings. The summed E-state index contributed by atoms with van der Waals surface area (Å²) in [5.74, 6) is 0.930. The molecule has 1 heterocycles. The number of carbonyl (C=O) groups excluding carboxylic acids is 1. The maximum absolute atomic E-state index is 12.3. The van der Waals surface area contributed by atoms with E-state index in [0.29, 0.717) is 23.6 Å². The van der Waals surface area contributed by atoms with Crippen molar-refractivity contribution in [2.45, 2.75) is 13.5 Å². The van der Waals surface area contributed by atoms with E-state index in [-0.39, 0.29) is 5.91 Å². The van der Waals surface area contributed by atoms with Gasteiger partial charge >= 0.3 is 0 Å². The Bertz CT molecular complexity index is 650. The third kappa shape index (κ3) is 3.34. The molecular formula is C15H19N3O3. The maximum Gasteiger partial charge on any atom is 0.255 e. The van der Waals surface area contributed by atoms with E-state index < -0.39 is 0 Å². The first-order chi connectivity index (χ1) is 10.0. The maximum atomic E-state index is 12.3. The molecule has 0 radical (unpaired) electrons. The van der Waals surface area contributed by atoms with Crippen molar-refractivity contribution in [3.05, 3.63) is 41.2 Å². The van der Waals surface area contributed by atoms with Gasteiger partial charge in [0.15, 0.2) is 0 Å². The molecular weight excluding hydrogens is 270 g/mol. The second-order valence-corrected chi connectivity index (χ2v) is 4.66. The first-order valence-electron chi connectivity index (χ1n) is 6.54. The summed E-state index contributed by atoms with van der Waals surface area (Å²) in [6, 6.07) is 5.10. The second-order valence-electron chi connectivity index (χ2n) is 4.66. The van der Waals surface area contributed by atoms with Gasteiger partial charge in [0, 0.05) is 31.4 Å². The van der Waals surface area contributed by atoms with E-state index in [0.717, 1.165) is 11.3 Å². The molecule has 0 aliphatic rings. The average Bonchev–Trinajstić information content (AvgIpc) is 2.81. The van der Waals surface area contributed by atoms with E-state index in [2.05, 4.69) is 10.4 Å². The summed E-state index contributed by atoms with van der Waals surface area (Å²) in [5.41, 5.74) is 2.36. The smallest absolute Gasteiger partial charge is 0.255 e. The van der Waals surface area contributed by atoms with Gasteiger partial charge in [0.05, 0.1) is 25.5 Å². The Balaban J connectivity index is 2.11. The minimum atomic E-state index is -0.197. The van der Waals surface area contributed by atoms with E-state index in [1.54, 1.807) is 30.0 Å². The average molecular weight is 289 g/mol. The number of nitrogens with zero attached hydrogens (tertiary/aromatic N) is 2. The van der Waals surface area contributed by atoms with Crippen LogP contribution in [0.1, 0.15) is 21.6 Å². The summed E-state index contributed by atoms with van der Waals surface area (Å²) >= 11 is 0. The van der Waals surface area contributed by atoms with Crippen LogP contribution in [0.5, 0.6) is 11.5 Å². The van der Waals surface area contributed by atoms with Crippen molar-refractivity contribution in [1.82, 2.24) is 15.1 Å². The van der Waals surface area contributed by atoms with E-state index in [1.807, 2.05) is 20.2 Å². The summed E-state index contributed by atoms with van der Waals surface area (Å²) in [6.45, 7) is 2.34. The SMILES string of the molecule is COc1ccc(C(=O)NCc2cn(C)nc2C)c(OC)c1. The van der Waals surface area contributed by atoms with Crippen LogP contribution < -0.4 is 14.8 Å². The van der Waals surface area contributed by atoms with Crippen molar-refractivity contribution >= 4 is 5.91 Å². The third-order valence-corrected chi connectivity index (χ3v) is 3.21. The highest BCUT2D eigenvalue weighted by Crippen LogP contribution is 2.24. The Morgan fingerprint density at radius 3 is 2.67 bits per heavy atom. The number of carbonyl (C=O) groups is 1. The van der Waals surface area contributed by atoms with E-state index >= 15 is 0 Å². The number of aryl methyl sites for hydroxylation is 2. The number of amides is 1. The van der Waals surface area contributed by atoms with Crippen LogP contribution in [-0.4, -0.2) is 29.9 Å². The molecule has 1 amide bonds. The summed E-state index contributed by atoms with van der Waals surface area (Å²) < 4.78 is 12.1. The first-order valence-corrected chi connectivity index (χ1v) is 6.54. The molecule has 0 saturated heterocycles. The molecule has 6 nitrogen and oxygen atoms in total. The molecule has 0 saturated carbocycles. The fourth-order valence-electron chi connectivity index (χ4n) is 2.08. The fraction of sp³-hybridized carbons (Fsp3) is 0.333. The van der Waals surface area contributed by atoms with Crippen molar-refractivity contribution in [3.63, 3.8) is 0 Å². The van der Waals surface area contributed by atoms with Gasteiger partial charge in [-0.15, -0.1) is 0 Å². The lowest BCUT2D eigenvalue weighted by Crippen LogP contribution is -2.23. The van der Waals surface area contributed by atoms with Crippen LogP contribution in [-0.2, 0) is 13.6 Å². The van der Waals surface area contributed by atoms with Crippen molar-refractivity contribution in [1.29, 1.82) is 0 Å². The number of ether oxygens (including phenoxy) is 2. The van der Waals surface area contributed by atoms with E-state index in [4.69, 9.17) is 9.47 Å². The van der Waals surface area contributed by atoms with Crippen LogP contribution in [0.2, 0.25) is 0 Å². The Morgan fingerprint density at radius 2 is 2.10 bits per heavy atom. The molecule has 0 spiro atoms. The number of hydrogen-bond acceptors (Lipinski definition) is 4. The van der Waals surface area contributed by atoms with Gasteiger partial charge in [-0.25, -0.2) is 0 Å². The van der Waals surface area contributed by atoms with Gasteiger partial charge in [-0.1, -0.05) is 0 Å². The quantitative estimate of drug-likeness (QED) is 0.909. The zero-order valence-electron chi connectivity index (χ0n) is 12.6. The molecule has 1 aromatic carbocycles. The van der Waals surface area contributed by atoms with Gasteiger partial charge in [0.25, 0.3) is 5.91 Å². The molecule has 0 aliphatic heterocycles. The van der Waals surface area contributed by atoms with E-state index in [1.165, 1.54) is 7.11 Å². The second kappa shape index (κ2) is 6.30. The Labute approximate surface area is 123 Å². The standard InChI is InChI=1S/C15H19N3O3/c1-10-11(9-18(2)17-10)8-16-15(19)13-6-5-12(20-3)7-14(13)21-4/h5-7,9H,8H2,1-4H3,(H,16,19). The highest BCUT2D eigenvalue weighted by molar-refractivity contribution is 5.97. The first kappa shape index (κ1) is 14.9. The largest absolute Gasteiger partial charge is 0.497 e. The number of nitrogens with one attached hydrogen (secondary N) is 1. The molecule has 1 N–H and O–H groups in total. The van der Waals surface area contributed by atoms with Crippen LogP contribution >= 0.6 is 0 Å². The molecule has 6 heteroatoms. The lowest BCUT2D eigenvalue weighted by molar-refractivity contribution is 0.0948. The number of methoxy groups -OCH3 is 2. The summed E-state index contributed by atoms with van der Waals surface area (Å²) in [6.07, 6.45) is 1.89. The summed E-state index contributed by atoms with van der Waals surface area (Å²) in [7, 11) is 4.95. The van der Waals surface area contributed by atoms with Crippen LogP contribution in [0.25, 0.3) is 0 Å². The van der Waals surface area contributed by atoms with Crippen molar-refractivity contribution < 1.29 is 14.3 Å². The Hall–Kier alpha value is -2.50. The number of aromatic nitrogens is 2. The molecule has 21 heavy (non-hydrogen) atoms. The van der Waals surface area contributed by atoms with Crippen LogP contribution in [0.3, 0.4) is 0 Å². The molecule has 0 atom stereocenters. The van der Waals surface area contributed by atoms with Crippen molar-refractivity contribution in [2.24, 2.45) is 7.05 Å².